The zero-order valence-electron chi connectivity index (χ0n) is 26.8. The smallest absolute Gasteiger partial charge is 0.220 e. The number of carbonyl (C=O) groups excluding carboxylic acids is 2. The third kappa shape index (κ3) is 10.2. The molecule has 47 heavy (non-hydrogen) atoms. The van der Waals surface area contributed by atoms with Crippen LogP contribution in [0.25, 0.3) is 11.1 Å². The van der Waals surface area contributed by atoms with Gasteiger partial charge < -0.3 is 25.2 Å². The van der Waals surface area contributed by atoms with Crippen molar-refractivity contribution >= 4 is 23.6 Å². The Bertz CT molecular complexity index is 1610. The van der Waals surface area contributed by atoms with Gasteiger partial charge in [-0.2, -0.15) is 0 Å². The van der Waals surface area contributed by atoms with Crippen LogP contribution in [0.4, 0.5) is 0 Å². The monoisotopic (exact) mass is 658 g/mol. The van der Waals surface area contributed by atoms with Gasteiger partial charge in [0.25, 0.3) is 0 Å². The third-order valence-corrected chi connectivity index (χ3v) is 9.10. The number of tetrazole rings is 1. The minimum Gasteiger partial charge on any atom is -0.392 e. The molecule has 3 N–H and O–H groups in total. The summed E-state index contributed by atoms with van der Waals surface area (Å²) in [6.07, 6.45) is 2.77. The molecule has 3 aromatic carbocycles. The van der Waals surface area contributed by atoms with E-state index in [1.54, 1.807) is 16.4 Å². The number of aryl methyl sites for hydroxylation is 1. The van der Waals surface area contributed by atoms with Gasteiger partial charge in [-0.25, -0.2) is 4.68 Å². The van der Waals surface area contributed by atoms with Crippen molar-refractivity contribution in [3.8, 4) is 11.1 Å². The van der Waals surface area contributed by atoms with E-state index in [9.17, 15) is 14.7 Å². The molecule has 1 saturated heterocycles. The lowest BCUT2D eigenvalue weighted by Crippen LogP contribution is -2.31. The number of ether oxygens (including phenoxy) is 2. The summed E-state index contributed by atoms with van der Waals surface area (Å²) >= 11 is 1.55. The molecule has 1 aromatic heterocycles. The fourth-order valence-corrected chi connectivity index (χ4v) is 6.27. The maximum atomic E-state index is 12.4. The summed E-state index contributed by atoms with van der Waals surface area (Å²) in [6, 6.07) is 24.2. The van der Waals surface area contributed by atoms with Crippen molar-refractivity contribution < 1.29 is 24.2 Å². The molecule has 1 aliphatic rings. The molecule has 2 amide bonds. The molecule has 248 valence electrons. The van der Waals surface area contributed by atoms with Crippen LogP contribution in [-0.4, -0.2) is 55.5 Å². The Balaban J connectivity index is 1.24. The van der Waals surface area contributed by atoms with Gasteiger partial charge in [-0.1, -0.05) is 78.8 Å². The van der Waals surface area contributed by atoms with Gasteiger partial charge in [-0.3, -0.25) is 9.59 Å². The first kappa shape index (κ1) is 34.2. The fourth-order valence-electron chi connectivity index (χ4n) is 5.40. The molecule has 0 spiro atoms. The molecule has 5 rings (SSSR count). The SMILES string of the molecule is CC(=O)NCCCCCC(=O)NCc1cccc(-c2cccc(C3OC(CSc4nnnn4C)CC(c4ccc(CO)cc4)O3)c2)c1. The predicted molar refractivity (Wildman–Crippen MR) is 179 cm³/mol. The highest BCUT2D eigenvalue weighted by atomic mass is 32.2. The maximum absolute atomic E-state index is 12.4. The van der Waals surface area contributed by atoms with Crippen molar-refractivity contribution in [2.45, 2.75) is 75.8 Å². The second-order valence-corrected chi connectivity index (χ2v) is 12.6. The standard InChI is InChI=1S/C35H42N6O5S/c1-24(43)36-17-5-3-4-12-33(44)37-21-26-8-6-9-28(18-26)29-10-7-11-30(19-29)34-45-31(23-47-35-38-39-40-41(35)2)20-32(46-34)27-15-13-25(22-42)14-16-27/h6-11,13-16,18-19,31-32,34,42H,3-5,12,17,20-23H2,1-2H3,(H,36,43)(H,37,44). The first-order valence-corrected chi connectivity index (χ1v) is 16.9. The van der Waals surface area contributed by atoms with E-state index in [0.29, 0.717) is 31.7 Å². The average molecular weight is 659 g/mol. The van der Waals surface area contributed by atoms with Crippen LogP contribution in [0.2, 0.25) is 0 Å². The first-order chi connectivity index (χ1) is 22.9. The largest absolute Gasteiger partial charge is 0.392 e. The van der Waals surface area contributed by atoms with Crippen LogP contribution in [0.15, 0.2) is 78.0 Å². The first-order valence-electron chi connectivity index (χ1n) is 15.9. The Morgan fingerprint density at radius 1 is 0.936 bits per heavy atom. The molecule has 2 heterocycles. The molecule has 0 radical (unpaired) electrons. The normalized spacial score (nSPS) is 17.7. The number of nitrogens with zero attached hydrogens (tertiary/aromatic N) is 4. The number of carbonyl (C=O) groups is 2. The van der Waals surface area contributed by atoms with Crippen LogP contribution >= 0.6 is 11.8 Å². The number of aliphatic hydroxyl groups is 1. The predicted octanol–water partition coefficient (Wildman–Crippen LogP) is 5.02. The van der Waals surface area contributed by atoms with E-state index in [1.807, 2.05) is 55.6 Å². The number of hydrogen-bond acceptors (Lipinski definition) is 9. The van der Waals surface area contributed by atoms with Crippen LogP contribution in [0.5, 0.6) is 0 Å². The average Bonchev–Trinajstić information content (AvgIpc) is 3.52. The molecule has 12 heteroatoms. The van der Waals surface area contributed by atoms with E-state index in [0.717, 1.165) is 57.8 Å². The number of unbranched alkanes of at least 4 members (excludes halogenated alkanes) is 2. The van der Waals surface area contributed by atoms with Crippen molar-refractivity contribution in [3.63, 3.8) is 0 Å². The molecule has 0 aliphatic carbocycles. The number of amides is 2. The van der Waals surface area contributed by atoms with Crippen LogP contribution in [-0.2, 0) is 39.3 Å². The summed E-state index contributed by atoms with van der Waals surface area (Å²) in [7, 11) is 1.82. The lowest BCUT2D eigenvalue weighted by atomic mass is 9.99. The minimum atomic E-state index is -0.588. The zero-order chi connectivity index (χ0) is 33.0. The second-order valence-electron chi connectivity index (χ2n) is 11.6. The van der Waals surface area contributed by atoms with Gasteiger partial charge >= 0.3 is 0 Å². The number of hydrogen-bond donors (Lipinski definition) is 3. The van der Waals surface area contributed by atoms with Crippen LogP contribution in [0.1, 0.15) is 73.7 Å². The van der Waals surface area contributed by atoms with Crippen molar-refractivity contribution in [2.24, 2.45) is 7.05 Å². The van der Waals surface area contributed by atoms with Crippen molar-refractivity contribution in [1.29, 1.82) is 0 Å². The summed E-state index contributed by atoms with van der Waals surface area (Å²) in [5.41, 5.74) is 5.86. The summed E-state index contributed by atoms with van der Waals surface area (Å²) in [4.78, 5) is 23.4. The number of aromatic nitrogens is 4. The molecule has 4 aromatic rings. The molecule has 1 fully saturated rings. The van der Waals surface area contributed by atoms with E-state index in [1.165, 1.54) is 6.92 Å². The van der Waals surface area contributed by atoms with Gasteiger partial charge in [0.2, 0.25) is 17.0 Å². The van der Waals surface area contributed by atoms with Gasteiger partial charge in [-0.05, 0) is 63.2 Å². The minimum absolute atomic E-state index is 0.00890. The number of rotatable bonds is 15. The lowest BCUT2D eigenvalue weighted by Gasteiger charge is -2.36. The van der Waals surface area contributed by atoms with E-state index in [4.69, 9.17) is 9.47 Å². The van der Waals surface area contributed by atoms with Gasteiger partial charge in [-0.15, -0.1) is 5.10 Å². The molecule has 3 atom stereocenters. The zero-order valence-corrected chi connectivity index (χ0v) is 27.6. The van der Waals surface area contributed by atoms with Crippen LogP contribution in [0.3, 0.4) is 0 Å². The summed E-state index contributed by atoms with van der Waals surface area (Å²) in [5, 5.41) is 27.8. The van der Waals surface area contributed by atoms with Gasteiger partial charge in [0, 0.05) is 51.2 Å². The molecule has 11 nitrogen and oxygen atoms in total. The molecule has 3 unspecified atom stereocenters. The van der Waals surface area contributed by atoms with Gasteiger partial charge in [0.05, 0.1) is 18.8 Å². The number of benzene rings is 3. The summed E-state index contributed by atoms with van der Waals surface area (Å²) in [6.45, 7) is 2.59. The Morgan fingerprint density at radius 3 is 2.47 bits per heavy atom. The van der Waals surface area contributed by atoms with E-state index in [-0.39, 0.29) is 30.6 Å². The van der Waals surface area contributed by atoms with E-state index >= 15 is 0 Å². The van der Waals surface area contributed by atoms with Crippen molar-refractivity contribution in [3.05, 3.63) is 95.1 Å². The maximum Gasteiger partial charge on any atom is 0.220 e. The topological polar surface area (TPSA) is 140 Å². The van der Waals surface area contributed by atoms with E-state index in [2.05, 4.69) is 50.4 Å². The summed E-state index contributed by atoms with van der Waals surface area (Å²) < 4.78 is 14.7. The number of aliphatic hydroxyl groups excluding tert-OH is 1. The van der Waals surface area contributed by atoms with Crippen LogP contribution < -0.4 is 10.6 Å². The molecule has 0 saturated carbocycles. The third-order valence-electron chi connectivity index (χ3n) is 7.96. The Morgan fingerprint density at radius 2 is 1.72 bits per heavy atom. The molecular formula is C35H42N6O5S. The second kappa shape index (κ2) is 17.2. The number of nitrogens with one attached hydrogen (secondary N) is 2. The molecule has 1 aliphatic heterocycles. The highest BCUT2D eigenvalue weighted by Crippen LogP contribution is 2.40. The highest BCUT2D eigenvalue weighted by molar-refractivity contribution is 7.99. The van der Waals surface area contributed by atoms with Crippen molar-refractivity contribution in [1.82, 2.24) is 30.8 Å². The Hall–Kier alpha value is -4.10. The Labute approximate surface area is 279 Å². The summed E-state index contributed by atoms with van der Waals surface area (Å²) in [5.74, 6) is 0.649. The molecular weight excluding hydrogens is 616 g/mol. The highest BCUT2D eigenvalue weighted by Gasteiger charge is 2.32. The Kier molecular flexibility index (Phi) is 12.5. The van der Waals surface area contributed by atoms with Crippen LogP contribution in [0, 0.1) is 0 Å². The van der Waals surface area contributed by atoms with Gasteiger partial charge in [0.1, 0.15) is 0 Å². The van der Waals surface area contributed by atoms with Gasteiger partial charge in [0.15, 0.2) is 6.29 Å². The fraction of sp³-hybridized carbons (Fsp3) is 0.400. The number of thioether (sulfide) groups is 1. The quantitative estimate of drug-likeness (QED) is 0.119. The van der Waals surface area contributed by atoms with Crippen molar-refractivity contribution in [2.75, 3.05) is 12.3 Å². The lowest BCUT2D eigenvalue weighted by molar-refractivity contribution is -0.245. The van der Waals surface area contributed by atoms with E-state index < -0.39 is 6.29 Å². The molecule has 0 bridgehead atoms.